The van der Waals surface area contributed by atoms with Gasteiger partial charge in [0, 0.05) is 18.7 Å². The Balaban J connectivity index is 1.63. The summed E-state index contributed by atoms with van der Waals surface area (Å²) in [7, 11) is 0. The Hall–Kier alpha value is -1.65. The molecule has 0 radical (unpaired) electrons. The van der Waals surface area contributed by atoms with Crippen molar-refractivity contribution in [2.24, 2.45) is 0 Å². The lowest BCUT2D eigenvalue weighted by Crippen LogP contribution is -2.33. The predicted molar refractivity (Wildman–Crippen MR) is 98.9 cm³/mol. The fourth-order valence-electron chi connectivity index (χ4n) is 3.28. The highest BCUT2D eigenvalue weighted by Gasteiger charge is 2.22. The standard InChI is InChI=1S/C20H30N2O2/c1-16-7-8-18(17(2)14-16)9-10-20(24)21-11-3-4-12-22-13-5-6-19(22)15-23/h7-10,14,19,23H,3-6,11-13,15H2,1-2H3,(H,21,24)/b10-9+. The first-order chi connectivity index (χ1) is 11.6. The molecule has 2 N–H and O–H groups in total. The Morgan fingerprint density at radius 3 is 2.96 bits per heavy atom. The average molecular weight is 330 g/mol. The van der Waals surface area contributed by atoms with Crippen LogP contribution in [-0.2, 0) is 4.79 Å². The number of hydrogen-bond acceptors (Lipinski definition) is 3. The first-order valence-corrected chi connectivity index (χ1v) is 8.98. The Morgan fingerprint density at radius 2 is 2.21 bits per heavy atom. The van der Waals surface area contributed by atoms with Gasteiger partial charge in [-0.2, -0.15) is 0 Å². The minimum atomic E-state index is -0.0376. The molecule has 1 saturated heterocycles. The van der Waals surface area contributed by atoms with Crippen molar-refractivity contribution in [1.29, 1.82) is 0 Å². The van der Waals surface area contributed by atoms with Crippen molar-refractivity contribution in [2.75, 3.05) is 26.2 Å². The molecule has 0 spiro atoms. The van der Waals surface area contributed by atoms with E-state index < -0.39 is 0 Å². The summed E-state index contributed by atoms with van der Waals surface area (Å²) in [5.41, 5.74) is 3.50. The van der Waals surface area contributed by atoms with Crippen LogP contribution in [0.5, 0.6) is 0 Å². The number of aliphatic hydroxyl groups excluding tert-OH is 1. The summed E-state index contributed by atoms with van der Waals surface area (Å²) < 4.78 is 0. The lowest BCUT2D eigenvalue weighted by molar-refractivity contribution is -0.116. The molecule has 0 bridgehead atoms. The van der Waals surface area contributed by atoms with Crippen LogP contribution in [0.3, 0.4) is 0 Å². The van der Waals surface area contributed by atoms with Gasteiger partial charge in [-0.1, -0.05) is 23.8 Å². The van der Waals surface area contributed by atoms with Crippen LogP contribution in [0.15, 0.2) is 24.3 Å². The second kappa shape index (κ2) is 9.60. The van der Waals surface area contributed by atoms with Gasteiger partial charge in [0.25, 0.3) is 0 Å². The molecule has 1 aromatic rings. The van der Waals surface area contributed by atoms with Crippen LogP contribution in [0.2, 0.25) is 0 Å². The molecule has 132 valence electrons. The molecule has 1 amide bonds. The summed E-state index contributed by atoms with van der Waals surface area (Å²) in [6.45, 7) is 7.20. The smallest absolute Gasteiger partial charge is 0.243 e. The van der Waals surface area contributed by atoms with Gasteiger partial charge in [0.05, 0.1) is 6.61 Å². The zero-order valence-corrected chi connectivity index (χ0v) is 14.9. The zero-order chi connectivity index (χ0) is 17.4. The summed E-state index contributed by atoms with van der Waals surface area (Å²) in [5.74, 6) is -0.0376. The molecule has 0 saturated carbocycles. The molecule has 0 aromatic heterocycles. The van der Waals surface area contributed by atoms with Crippen LogP contribution in [0, 0.1) is 13.8 Å². The molecule has 2 rings (SSSR count). The van der Waals surface area contributed by atoms with E-state index in [2.05, 4.69) is 36.2 Å². The third-order valence-electron chi connectivity index (χ3n) is 4.72. The van der Waals surface area contributed by atoms with Gasteiger partial charge in [-0.05, 0) is 69.8 Å². The fraction of sp³-hybridized carbons (Fsp3) is 0.550. The molecule has 1 aliphatic rings. The monoisotopic (exact) mass is 330 g/mol. The molecular formula is C20H30N2O2. The van der Waals surface area contributed by atoms with Gasteiger partial charge in [0.15, 0.2) is 0 Å². The maximum absolute atomic E-state index is 11.9. The molecule has 0 aliphatic carbocycles. The molecule has 4 heteroatoms. The number of carbonyl (C=O) groups is 1. The maximum atomic E-state index is 11.9. The first-order valence-electron chi connectivity index (χ1n) is 8.98. The Bertz CT molecular complexity index is 569. The van der Waals surface area contributed by atoms with Gasteiger partial charge in [-0.3, -0.25) is 9.69 Å². The predicted octanol–water partition coefficient (Wildman–Crippen LogP) is 2.67. The Kier molecular flexibility index (Phi) is 7.47. The maximum Gasteiger partial charge on any atom is 0.243 e. The third-order valence-corrected chi connectivity index (χ3v) is 4.72. The lowest BCUT2D eigenvalue weighted by Gasteiger charge is -2.22. The summed E-state index contributed by atoms with van der Waals surface area (Å²) in [4.78, 5) is 14.2. The van der Waals surface area contributed by atoms with Crippen molar-refractivity contribution in [1.82, 2.24) is 10.2 Å². The SMILES string of the molecule is Cc1ccc(/C=C/C(=O)NCCCCN2CCCC2CO)c(C)c1. The van der Waals surface area contributed by atoms with Crippen molar-refractivity contribution >= 4 is 12.0 Å². The topological polar surface area (TPSA) is 52.6 Å². The van der Waals surface area contributed by atoms with Gasteiger partial charge in [0.2, 0.25) is 5.91 Å². The van der Waals surface area contributed by atoms with Crippen LogP contribution in [0.4, 0.5) is 0 Å². The number of unbranched alkanes of at least 4 members (excludes halogenated alkanes) is 1. The van der Waals surface area contributed by atoms with Crippen LogP contribution in [0.1, 0.15) is 42.4 Å². The van der Waals surface area contributed by atoms with E-state index in [0.29, 0.717) is 12.6 Å². The number of aliphatic hydroxyl groups is 1. The molecule has 4 nitrogen and oxygen atoms in total. The lowest BCUT2D eigenvalue weighted by atomic mass is 10.1. The van der Waals surface area contributed by atoms with Gasteiger partial charge in [0.1, 0.15) is 0 Å². The Labute approximate surface area is 145 Å². The highest BCUT2D eigenvalue weighted by Crippen LogP contribution is 2.16. The van der Waals surface area contributed by atoms with E-state index in [1.807, 2.05) is 12.1 Å². The van der Waals surface area contributed by atoms with Crippen molar-refractivity contribution in [2.45, 2.75) is 45.6 Å². The largest absolute Gasteiger partial charge is 0.395 e. The number of nitrogens with zero attached hydrogens (tertiary/aromatic N) is 1. The van der Waals surface area contributed by atoms with E-state index in [0.717, 1.165) is 37.9 Å². The minimum Gasteiger partial charge on any atom is -0.395 e. The number of likely N-dealkylation sites (tertiary alicyclic amines) is 1. The van der Waals surface area contributed by atoms with Crippen LogP contribution in [-0.4, -0.2) is 48.2 Å². The summed E-state index contributed by atoms with van der Waals surface area (Å²) in [6.07, 6.45) is 7.80. The van der Waals surface area contributed by atoms with E-state index >= 15 is 0 Å². The van der Waals surface area contributed by atoms with E-state index in [4.69, 9.17) is 0 Å². The fourth-order valence-corrected chi connectivity index (χ4v) is 3.28. The molecule has 1 aliphatic heterocycles. The van der Waals surface area contributed by atoms with E-state index in [-0.39, 0.29) is 12.5 Å². The van der Waals surface area contributed by atoms with Crippen molar-refractivity contribution in [3.8, 4) is 0 Å². The minimum absolute atomic E-state index is 0.0376. The van der Waals surface area contributed by atoms with Gasteiger partial charge >= 0.3 is 0 Å². The van der Waals surface area contributed by atoms with E-state index in [9.17, 15) is 9.90 Å². The molecule has 1 atom stereocenters. The van der Waals surface area contributed by atoms with Gasteiger partial charge < -0.3 is 10.4 Å². The number of hydrogen-bond donors (Lipinski definition) is 2. The van der Waals surface area contributed by atoms with E-state index in [1.54, 1.807) is 6.08 Å². The third kappa shape index (κ3) is 5.77. The Morgan fingerprint density at radius 1 is 1.38 bits per heavy atom. The van der Waals surface area contributed by atoms with Crippen LogP contribution >= 0.6 is 0 Å². The first kappa shape index (κ1) is 18.7. The molecular weight excluding hydrogens is 300 g/mol. The average Bonchev–Trinajstić information content (AvgIpc) is 3.01. The van der Waals surface area contributed by atoms with Crippen LogP contribution in [0.25, 0.3) is 6.08 Å². The number of benzene rings is 1. The van der Waals surface area contributed by atoms with Crippen molar-refractivity contribution in [3.05, 3.63) is 41.0 Å². The highest BCUT2D eigenvalue weighted by atomic mass is 16.3. The van der Waals surface area contributed by atoms with Crippen molar-refractivity contribution in [3.63, 3.8) is 0 Å². The van der Waals surface area contributed by atoms with Crippen LogP contribution < -0.4 is 5.32 Å². The second-order valence-electron chi connectivity index (χ2n) is 6.71. The number of carbonyl (C=O) groups excluding carboxylic acids is 1. The molecule has 24 heavy (non-hydrogen) atoms. The molecule has 1 unspecified atom stereocenters. The number of amides is 1. The molecule has 1 fully saturated rings. The second-order valence-corrected chi connectivity index (χ2v) is 6.71. The van der Waals surface area contributed by atoms with Crippen molar-refractivity contribution < 1.29 is 9.90 Å². The summed E-state index contributed by atoms with van der Waals surface area (Å²) in [5, 5.41) is 12.2. The zero-order valence-electron chi connectivity index (χ0n) is 14.9. The highest BCUT2D eigenvalue weighted by molar-refractivity contribution is 5.91. The quantitative estimate of drug-likeness (QED) is 0.569. The summed E-state index contributed by atoms with van der Waals surface area (Å²) >= 11 is 0. The normalized spacial score (nSPS) is 18.4. The van der Waals surface area contributed by atoms with E-state index in [1.165, 1.54) is 17.5 Å². The number of rotatable bonds is 8. The number of nitrogens with one attached hydrogen (secondary N) is 1. The molecule has 1 aromatic carbocycles. The van der Waals surface area contributed by atoms with Gasteiger partial charge in [-0.15, -0.1) is 0 Å². The van der Waals surface area contributed by atoms with Gasteiger partial charge in [-0.25, -0.2) is 0 Å². The molecule has 1 heterocycles. The number of aryl methyl sites for hydroxylation is 2. The summed E-state index contributed by atoms with van der Waals surface area (Å²) in [6, 6.07) is 6.57.